The topological polar surface area (TPSA) is 42.4 Å². The molecule has 2 heterocycles. The van der Waals surface area contributed by atoms with Crippen LogP contribution in [-0.2, 0) is 10.2 Å². The molecule has 118 valence electrons. The second-order valence-electron chi connectivity index (χ2n) is 6.40. The Labute approximate surface area is 136 Å². The van der Waals surface area contributed by atoms with E-state index in [1.165, 1.54) is 0 Å². The molecule has 1 saturated carbocycles. The predicted octanol–water partition coefficient (Wildman–Crippen LogP) is 2.79. The Hall–Kier alpha value is -2.36. The van der Waals surface area contributed by atoms with Gasteiger partial charge in [0.05, 0.1) is 12.0 Å². The molecule has 23 heavy (non-hydrogen) atoms. The van der Waals surface area contributed by atoms with E-state index < -0.39 is 0 Å². The second-order valence-corrected chi connectivity index (χ2v) is 6.40. The number of nitrogens with zero attached hydrogens (tertiary/aromatic N) is 2. The van der Waals surface area contributed by atoms with Gasteiger partial charge in [-0.1, -0.05) is 36.4 Å². The Balaban J connectivity index is 1.43. The fraction of sp³-hybridized carbons (Fsp3) is 0.368. The molecule has 1 aromatic heterocycles. The number of pyridine rings is 1. The van der Waals surface area contributed by atoms with Crippen LogP contribution in [0.5, 0.6) is 5.88 Å². The number of aromatic nitrogens is 1. The van der Waals surface area contributed by atoms with Gasteiger partial charge in [0.25, 0.3) is 0 Å². The number of ether oxygens (including phenoxy) is 1. The maximum atomic E-state index is 13.0. The third-order valence-corrected chi connectivity index (χ3v) is 4.84. The summed E-state index contributed by atoms with van der Waals surface area (Å²) in [6.45, 7) is 1.43. The molecule has 2 aromatic rings. The molecule has 0 spiro atoms. The van der Waals surface area contributed by atoms with E-state index in [0.717, 1.165) is 31.4 Å². The van der Waals surface area contributed by atoms with Crippen LogP contribution in [0.2, 0.25) is 0 Å². The molecule has 1 saturated heterocycles. The summed E-state index contributed by atoms with van der Waals surface area (Å²) >= 11 is 0. The first-order valence-corrected chi connectivity index (χ1v) is 8.20. The lowest BCUT2D eigenvalue weighted by Crippen LogP contribution is -2.38. The smallest absolute Gasteiger partial charge is 0.233 e. The molecule has 2 fully saturated rings. The number of likely N-dealkylation sites (tertiary alicyclic amines) is 1. The third-order valence-electron chi connectivity index (χ3n) is 4.84. The van der Waals surface area contributed by atoms with E-state index >= 15 is 0 Å². The summed E-state index contributed by atoms with van der Waals surface area (Å²) in [6.07, 6.45) is 4.55. The number of rotatable bonds is 4. The molecule has 1 amide bonds. The quantitative estimate of drug-likeness (QED) is 0.872. The number of amides is 1. The SMILES string of the molecule is O=C(N1CCC(Oc2ccccn2)C1)C1(c2ccccc2)CC1. The highest BCUT2D eigenvalue weighted by Gasteiger charge is 2.53. The monoisotopic (exact) mass is 308 g/mol. The number of benzene rings is 1. The summed E-state index contributed by atoms with van der Waals surface area (Å²) < 4.78 is 5.89. The first-order chi connectivity index (χ1) is 11.3. The standard InChI is InChI=1S/C19H20N2O2/c22-18(19(10-11-19)15-6-2-1-3-7-15)21-13-9-16(14-21)23-17-8-4-5-12-20-17/h1-8,12,16H,9-11,13-14H2. The van der Waals surface area contributed by atoms with E-state index in [4.69, 9.17) is 4.74 Å². The molecule has 0 N–H and O–H groups in total. The highest BCUT2D eigenvalue weighted by molar-refractivity contribution is 5.91. The lowest BCUT2D eigenvalue weighted by Gasteiger charge is -2.23. The minimum absolute atomic E-state index is 0.0421. The predicted molar refractivity (Wildman–Crippen MR) is 87.2 cm³/mol. The van der Waals surface area contributed by atoms with Crippen molar-refractivity contribution in [1.82, 2.24) is 9.88 Å². The Morgan fingerprint density at radius 1 is 1.13 bits per heavy atom. The van der Waals surface area contributed by atoms with Crippen molar-refractivity contribution in [2.45, 2.75) is 30.8 Å². The summed E-state index contributed by atoms with van der Waals surface area (Å²) in [4.78, 5) is 19.1. The van der Waals surface area contributed by atoms with Gasteiger partial charge >= 0.3 is 0 Å². The van der Waals surface area contributed by atoms with E-state index in [0.29, 0.717) is 12.4 Å². The molecule has 0 bridgehead atoms. The average molecular weight is 308 g/mol. The van der Waals surface area contributed by atoms with Crippen LogP contribution in [0.25, 0.3) is 0 Å². The zero-order chi connectivity index (χ0) is 15.7. The van der Waals surface area contributed by atoms with E-state index in [1.54, 1.807) is 6.20 Å². The third kappa shape index (κ3) is 2.69. The van der Waals surface area contributed by atoms with Crippen LogP contribution in [0.4, 0.5) is 0 Å². The summed E-state index contributed by atoms with van der Waals surface area (Å²) in [5.41, 5.74) is 0.875. The maximum Gasteiger partial charge on any atom is 0.233 e. The van der Waals surface area contributed by atoms with Crippen molar-refractivity contribution < 1.29 is 9.53 Å². The van der Waals surface area contributed by atoms with Crippen LogP contribution in [0.1, 0.15) is 24.8 Å². The zero-order valence-electron chi connectivity index (χ0n) is 13.0. The normalized spacial score (nSPS) is 21.9. The van der Waals surface area contributed by atoms with Crippen molar-refractivity contribution in [3.05, 3.63) is 60.3 Å². The van der Waals surface area contributed by atoms with Crippen molar-refractivity contribution in [1.29, 1.82) is 0 Å². The van der Waals surface area contributed by atoms with Crippen LogP contribution in [0, 0.1) is 0 Å². The molecule has 4 heteroatoms. The second kappa shape index (κ2) is 5.69. The van der Waals surface area contributed by atoms with Gasteiger partial charge in [-0.05, 0) is 24.5 Å². The van der Waals surface area contributed by atoms with E-state index in [9.17, 15) is 4.79 Å². The van der Waals surface area contributed by atoms with E-state index in [1.807, 2.05) is 41.3 Å². The van der Waals surface area contributed by atoms with Crippen molar-refractivity contribution in [3.63, 3.8) is 0 Å². The lowest BCUT2D eigenvalue weighted by molar-refractivity contribution is -0.133. The Morgan fingerprint density at radius 3 is 2.61 bits per heavy atom. The fourth-order valence-corrected chi connectivity index (χ4v) is 3.41. The molecule has 1 aromatic carbocycles. The highest BCUT2D eigenvalue weighted by Crippen LogP contribution is 2.49. The van der Waals surface area contributed by atoms with Crippen LogP contribution >= 0.6 is 0 Å². The number of hydrogen-bond donors (Lipinski definition) is 0. The van der Waals surface area contributed by atoms with Gasteiger partial charge in [-0.2, -0.15) is 0 Å². The van der Waals surface area contributed by atoms with Gasteiger partial charge in [-0.15, -0.1) is 0 Å². The Morgan fingerprint density at radius 2 is 1.91 bits per heavy atom. The zero-order valence-corrected chi connectivity index (χ0v) is 13.0. The molecule has 1 unspecified atom stereocenters. The Bertz CT molecular complexity index is 683. The van der Waals surface area contributed by atoms with E-state index in [-0.39, 0.29) is 17.4 Å². The molecular weight excluding hydrogens is 288 g/mol. The highest BCUT2D eigenvalue weighted by atomic mass is 16.5. The van der Waals surface area contributed by atoms with Gasteiger partial charge in [-0.25, -0.2) is 4.98 Å². The van der Waals surface area contributed by atoms with E-state index in [2.05, 4.69) is 17.1 Å². The maximum absolute atomic E-state index is 13.0. The van der Waals surface area contributed by atoms with Crippen LogP contribution in [0.15, 0.2) is 54.7 Å². The molecule has 1 aliphatic heterocycles. The van der Waals surface area contributed by atoms with Crippen molar-refractivity contribution >= 4 is 5.91 Å². The van der Waals surface area contributed by atoms with Crippen LogP contribution in [-0.4, -0.2) is 35.0 Å². The van der Waals surface area contributed by atoms with Crippen LogP contribution in [0.3, 0.4) is 0 Å². The van der Waals surface area contributed by atoms with Gasteiger partial charge in [-0.3, -0.25) is 4.79 Å². The number of hydrogen-bond acceptors (Lipinski definition) is 3. The molecular formula is C19H20N2O2. The fourth-order valence-electron chi connectivity index (χ4n) is 3.41. The summed E-state index contributed by atoms with van der Waals surface area (Å²) in [7, 11) is 0. The van der Waals surface area contributed by atoms with Gasteiger partial charge in [0.2, 0.25) is 11.8 Å². The number of carbonyl (C=O) groups is 1. The molecule has 1 atom stereocenters. The summed E-state index contributed by atoms with van der Waals surface area (Å²) in [5, 5.41) is 0. The first-order valence-electron chi connectivity index (χ1n) is 8.20. The minimum atomic E-state index is -0.277. The van der Waals surface area contributed by atoms with Gasteiger partial charge in [0.1, 0.15) is 6.10 Å². The lowest BCUT2D eigenvalue weighted by atomic mass is 9.94. The minimum Gasteiger partial charge on any atom is -0.472 e. The molecule has 4 nitrogen and oxygen atoms in total. The molecule has 0 radical (unpaired) electrons. The molecule has 2 aliphatic rings. The van der Waals surface area contributed by atoms with Gasteiger partial charge in [0.15, 0.2) is 0 Å². The van der Waals surface area contributed by atoms with Gasteiger partial charge in [0, 0.05) is 25.2 Å². The average Bonchev–Trinajstić information content (AvgIpc) is 3.30. The van der Waals surface area contributed by atoms with Crippen molar-refractivity contribution in [3.8, 4) is 5.88 Å². The molecule has 4 rings (SSSR count). The van der Waals surface area contributed by atoms with Crippen LogP contribution < -0.4 is 4.74 Å². The molecule has 1 aliphatic carbocycles. The van der Waals surface area contributed by atoms with Gasteiger partial charge < -0.3 is 9.64 Å². The summed E-state index contributed by atoms with van der Waals surface area (Å²) in [5.74, 6) is 0.895. The number of carbonyl (C=O) groups excluding carboxylic acids is 1. The first kappa shape index (κ1) is 14.2. The van der Waals surface area contributed by atoms with Crippen molar-refractivity contribution in [2.75, 3.05) is 13.1 Å². The summed E-state index contributed by atoms with van der Waals surface area (Å²) in [6, 6.07) is 15.8. The largest absolute Gasteiger partial charge is 0.472 e. The van der Waals surface area contributed by atoms with Crippen molar-refractivity contribution in [2.24, 2.45) is 0 Å². The Kier molecular flexibility index (Phi) is 3.52.